The van der Waals surface area contributed by atoms with Gasteiger partial charge >= 0.3 is 0 Å². The Balaban J connectivity index is 0.000000606. The van der Waals surface area contributed by atoms with Crippen LogP contribution in [0.25, 0.3) is 0 Å². The molecule has 16 heavy (non-hydrogen) atoms. The Bertz CT molecular complexity index is 336. The van der Waals surface area contributed by atoms with Gasteiger partial charge in [-0.1, -0.05) is 38.4 Å². The molecule has 1 aromatic rings. The maximum Gasteiger partial charge on any atom is 0.0409 e. The van der Waals surface area contributed by atoms with Crippen molar-refractivity contribution < 1.29 is 0 Å². The molecule has 2 heteroatoms. The Morgan fingerprint density at radius 2 is 2.00 bits per heavy atom. The molecule has 2 rings (SSSR count). The highest BCUT2D eigenvalue weighted by Crippen LogP contribution is 2.27. The van der Waals surface area contributed by atoms with Crippen LogP contribution in [0.15, 0.2) is 18.2 Å². The zero-order valence-electron chi connectivity index (χ0n) is 10.8. The third kappa shape index (κ3) is 3.23. The molecule has 0 N–H and O–H groups in total. The van der Waals surface area contributed by atoms with E-state index in [-0.39, 0.29) is 0 Å². The summed E-state index contributed by atoms with van der Waals surface area (Å²) in [5.41, 5.74) is 2.90. The summed E-state index contributed by atoms with van der Waals surface area (Å²) in [7, 11) is 2.18. The van der Waals surface area contributed by atoms with Crippen molar-refractivity contribution in [3.05, 3.63) is 34.3 Å². The Morgan fingerprint density at radius 3 is 2.69 bits per heavy atom. The van der Waals surface area contributed by atoms with Crippen LogP contribution in [0.4, 0.5) is 0 Å². The van der Waals surface area contributed by atoms with Crippen LogP contribution in [0.2, 0.25) is 5.02 Å². The maximum absolute atomic E-state index is 6.02. The fourth-order valence-electron chi connectivity index (χ4n) is 2.22. The average molecular weight is 240 g/mol. The zero-order valence-corrected chi connectivity index (χ0v) is 11.5. The fourth-order valence-corrected chi connectivity index (χ4v) is 2.40. The molecule has 0 fully saturated rings. The zero-order chi connectivity index (χ0) is 12.1. The molecule has 0 bridgehead atoms. The van der Waals surface area contributed by atoms with Gasteiger partial charge in [0.2, 0.25) is 0 Å². The van der Waals surface area contributed by atoms with Crippen LogP contribution in [0.3, 0.4) is 0 Å². The van der Waals surface area contributed by atoms with Gasteiger partial charge in [-0.05, 0) is 42.6 Å². The number of hydrogen-bond acceptors (Lipinski definition) is 1. The molecule has 1 atom stereocenters. The summed E-state index contributed by atoms with van der Waals surface area (Å²) < 4.78 is 0. The summed E-state index contributed by atoms with van der Waals surface area (Å²) in [6.45, 7) is 8.56. The first-order chi connectivity index (χ1) is 7.66. The predicted octanol–water partition coefficient (Wildman–Crippen LogP) is 3.96. The molecule has 0 radical (unpaired) electrons. The van der Waals surface area contributed by atoms with E-state index in [1.165, 1.54) is 11.1 Å². The molecule has 1 aromatic carbocycles. The first kappa shape index (κ1) is 13.5. The second kappa shape index (κ2) is 6.27. The molecule has 1 aliphatic heterocycles. The summed E-state index contributed by atoms with van der Waals surface area (Å²) in [6.07, 6.45) is 1.15. The van der Waals surface area contributed by atoms with Gasteiger partial charge in [-0.25, -0.2) is 0 Å². The highest BCUT2D eigenvalue weighted by atomic mass is 35.5. The number of halogens is 1. The van der Waals surface area contributed by atoms with E-state index in [9.17, 15) is 0 Å². The number of likely N-dealkylation sites (N-methyl/N-ethyl adjacent to an activating group) is 1. The summed E-state index contributed by atoms with van der Waals surface area (Å²) in [5, 5.41) is 0.861. The minimum Gasteiger partial charge on any atom is -0.305 e. The van der Waals surface area contributed by atoms with E-state index < -0.39 is 0 Å². The Hall–Kier alpha value is -0.530. The van der Waals surface area contributed by atoms with Crippen LogP contribution in [0.5, 0.6) is 0 Å². The Labute approximate surface area is 104 Å². The van der Waals surface area contributed by atoms with Gasteiger partial charge in [0.05, 0.1) is 0 Å². The smallest absolute Gasteiger partial charge is 0.0409 e. The number of rotatable bonds is 0. The summed E-state index contributed by atoms with van der Waals surface area (Å²) in [4.78, 5) is 2.39. The van der Waals surface area contributed by atoms with Crippen LogP contribution in [0, 0.1) is 0 Å². The molecule has 0 aromatic heterocycles. The topological polar surface area (TPSA) is 3.24 Å². The molecule has 0 saturated carbocycles. The Morgan fingerprint density at radius 1 is 1.31 bits per heavy atom. The van der Waals surface area contributed by atoms with Crippen molar-refractivity contribution in [3.63, 3.8) is 0 Å². The van der Waals surface area contributed by atoms with Gasteiger partial charge in [0.1, 0.15) is 0 Å². The van der Waals surface area contributed by atoms with E-state index in [0.717, 1.165) is 24.5 Å². The molecule has 1 aliphatic rings. The van der Waals surface area contributed by atoms with Crippen LogP contribution in [0.1, 0.15) is 37.8 Å². The summed E-state index contributed by atoms with van der Waals surface area (Å²) >= 11 is 6.02. The van der Waals surface area contributed by atoms with Crippen molar-refractivity contribution in [1.82, 2.24) is 4.90 Å². The van der Waals surface area contributed by atoms with E-state index >= 15 is 0 Å². The monoisotopic (exact) mass is 239 g/mol. The SMILES string of the molecule is CC.CC1CN(C)CCc2ccc(Cl)cc21. The van der Waals surface area contributed by atoms with E-state index in [2.05, 4.69) is 31.0 Å². The third-order valence-corrected chi connectivity index (χ3v) is 3.22. The van der Waals surface area contributed by atoms with Crippen LogP contribution in [-0.2, 0) is 6.42 Å². The normalized spacial score (nSPS) is 20.4. The molecule has 1 nitrogen and oxygen atoms in total. The molecule has 1 heterocycles. The molecule has 1 unspecified atom stereocenters. The largest absolute Gasteiger partial charge is 0.305 e. The van der Waals surface area contributed by atoms with Gasteiger partial charge in [-0.3, -0.25) is 0 Å². The van der Waals surface area contributed by atoms with E-state index in [1.54, 1.807) is 0 Å². The second-order valence-corrected chi connectivity index (χ2v) is 4.69. The van der Waals surface area contributed by atoms with Crippen LogP contribution in [-0.4, -0.2) is 25.0 Å². The lowest BCUT2D eigenvalue weighted by atomic mass is 9.95. The molecule has 0 amide bonds. The van der Waals surface area contributed by atoms with E-state index in [4.69, 9.17) is 11.6 Å². The fraction of sp³-hybridized carbons (Fsp3) is 0.571. The van der Waals surface area contributed by atoms with Crippen molar-refractivity contribution >= 4 is 11.6 Å². The minimum atomic E-state index is 0.594. The number of fused-ring (bicyclic) bond motifs is 1. The lowest BCUT2D eigenvalue weighted by Gasteiger charge is -2.17. The van der Waals surface area contributed by atoms with Crippen LogP contribution < -0.4 is 0 Å². The first-order valence-corrected chi connectivity index (χ1v) is 6.51. The number of hydrogen-bond donors (Lipinski definition) is 0. The molecule has 0 saturated heterocycles. The average Bonchev–Trinajstić information content (AvgIpc) is 2.42. The van der Waals surface area contributed by atoms with Crippen LogP contribution >= 0.6 is 11.6 Å². The second-order valence-electron chi connectivity index (χ2n) is 4.26. The quantitative estimate of drug-likeness (QED) is 0.663. The molecule has 0 spiro atoms. The highest BCUT2D eigenvalue weighted by molar-refractivity contribution is 6.30. The molecule has 0 aliphatic carbocycles. The maximum atomic E-state index is 6.02. The van der Waals surface area contributed by atoms with Gasteiger partial charge in [0.15, 0.2) is 0 Å². The van der Waals surface area contributed by atoms with E-state index in [1.807, 2.05) is 19.9 Å². The van der Waals surface area contributed by atoms with Gasteiger partial charge in [-0.2, -0.15) is 0 Å². The van der Waals surface area contributed by atoms with Crippen molar-refractivity contribution in [3.8, 4) is 0 Å². The Kier molecular flexibility index (Phi) is 5.30. The number of benzene rings is 1. The van der Waals surface area contributed by atoms with Crippen molar-refractivity contribution in [2.75, 3.05) is 20.1 Å². The number of nitrogens with zero attached hydrogens (tertiary/aromatic N) is 1. The van der Waals surface area contributed by atoms with Crippen molar-refractivity contribution in [2.45, 2.75) is 33.1 Å². The van der Waals surface area contributed by atoms with Gasteiger partial charge in [0, 0.05) is 18.1 Å². The third-order valence-electron chi connectivity index (χ3n) is 2.99. The van der Waals surface area contributed by atoms with Gasteiger partial charge in [0.25, 0.3) is 0 Å². The minimum absolute atomic E-state index is 0.594. The molecular formula is C14H22ClN. The van der Waals surface area contributed by atoms with E-state index in [0.29, 0.717) is 5.92 Å². The molecular weight excluding hydrogens is 218 g/mol. The predicted molar refractivity (Wildman–Crippen MR) is 72.4 cm³/mol. The lowest BCUT2D eigenvalue weighted by molar-refractivity contribution is 0.332. The van der Waals surface area contributed by atoms with Gasteiger partial charge < -0.3 is 4.90 Å². The molecule has 90 valence electrons. The summed E-state index contributed by atoms with van der Waals surface area (Å²) in [6, 6.07) is 6.30. The first-order valence-electron chi connectivity index (χ1n) is 6.13. The van der Waals surface area contributed by atoms with Crippen molar-refractivity contribution in [2.24, 2.45) is 0 Å². The lowest BCUT2D eigenvalue weighted by Crippen LogP contribution is -2.22. The highest BCUT2D eigenvalue weighted by Gasteiger charge is 2.17. The summed E-state index contributed by atoms with van der Waals surface area (Å²) in [5.74, 6) is 0.594. The van der Waals surface area contributed by atoms with Gasteiger partial charge in [-0.15, -0.1) is 0 Å². The van der Waals surface area contributed by atoms with Crippen molar-refractivity contribution in [1.29, 1.82) is 0 Å². The standard InChI is InChI=1S/C12H16ClN.C2H6/c1-9-8-14(2)6-5-10-3-4-11(13)7-12(9)10;1-2/h3-4,7,9H,5-6,8H2,1-2H3;1-2H3.